The van der Waals surface area contributed by atoms with Crippen molar-refractivity contribution in [3.63, 3.8) is 0 Å². The minimum absolute atomic E-state index is 0.0337. The quantitative estimate of drug-likeness (QED) is 0.805. The molecule has 1 N–H and O–H groups in total. The van der Waals surface area contributed by atoms with Crippen molar-refractivity contribution in [2.24, 2.45) is 0 Å². The lowest BCUT2D eigenvalue weighted by Crippen LogP contribution is -2.30. The van der Waals surface area contributed by atoms with Crippen molar-refractivity contribution in [2.45, 2.75) is 19.3 Å². The Hall–Kier alpha value is -1.92. The normalized spacial score (nSPS) is 12.8. The summed E-state index contributed by atoms with van der Waals surface area (Å²) in [7, 11) is -1.60. The molecule has 2 rings (SSSR count). The molecule has 0 aliphatic rings. The Morgan fingerprint density at radius 1 is 1.22 bits per heavy atom. The molecule has 2 aromatic rings. The van der Waals surface area contributed by atoms with E-state index in [0.29, 0.717) is 13.0 Å². The van der Waals surface area contributed by atoms with Crippen molar-refractivity contribution in [3.05, 3.63) is 59.9 Å². The molecule has 0 saturated carbocycles. The maximum absolute atomic E-state index is 11.7. The molecule has 0 aliphatic carbocycles. The Kier molecular flexibility index (Phi) is 6.12. The number of methoxy groups -OCH3 is 1. The number of nitrogens with one attached hydrogen (secondary N) is 1. The van der Waals surface area contributed by atoms with E-state index in [-0.39, 0.29) is 11.7 Å². The predicted molar refractivity (Wildman–Crippen MR) is 91.1 cm³/mol. The Morgan fingerprint density at radius 2 is 1.96 bits per heavy atom. The van der Waals surface area contributed by atoms with Crippen LogP contribution in [0.25, 0.3) is 0 Å². The summed E-state index contributed by atoms with van der Waals surface area (Å²) in [5.41, 5.74) is 2.14. The molecule has 0 aliphatic heterocycles. The van der Waals surface area contributed by atoms with Crippen molar-refractivity contribution in [2.75, 3.05) is 19.4 Å². The van der Waals surface area contributed by atoms with Crippen LogP contribution in [-0.4, -0.2) is 32.8 Å². The Balaban J connectivity index is 2.19. The zero-order chi connectivity index (χ0) is 16.7. The standard InChI is InChI=1S/C17H22N2O3S/c1-3-23(20,21)19-13-16(11-14-5-4-10-18-12-14)15-6-8-17(22-2)9-7-15/h4-10,12,16,19H,3,11,13H2,1-2H3. The van der Waals surface area contributed by atoms with Gasteiger partial charge in [0.15, 0.2) is 0 Å². The topological polar surface area (TPSA) is 68.3 Å². The van der Waals surface area contributed by atoms with Crippen LogP contribution in [0.1, 0.15) is 24.0 Å². The highest BCUT2D eigenvalue weighted by Gasteiger charge is 2.16. The molecule has 23 heavy (non-hydrogen) atoms. The number of ether oxygens (including phenoxy) is 1. The van der Waals surface area contributed by atoms with Crippen molar-refractivity contribution in [1.82, 2.24) is 9.71 Å². The highest BCUT2D eigenvalue weighted by Crippen LogP contribution is 2.23. The minimum Gasteiger partial charge on any atom is -0.497 e. The summed E-state index contributed by atoms with van der Waals surface area (Å²) in [6.07, 6.45) is 4.25. The maximum atomic E-state index is 11.7. The van der Waals surface area contributed by atoms with Gasteiger partial charge in [-0.15, -0.1) is 0 Å². The first-order valence-corrected chi connectivity index (χ1v) is 9.19. The van der Waals surface area contributed by atoms with E-state index in [0.717, 1.165) is 16.9 Å². The molecule has 0 bridgehead atoms. The molecule has 1 heterocycles. The molecule has 0 amide bonds. The van der Waals surface area contributed by atoms with Crippen LogP contribution < -0.4 is 9.46 Å². The zero-order valence-electron chi connectivity index (χ0n) is 13.4. The molecule has 124 valence electrons. The Bertz CT molecular complexity index is 700. The summed E-state index contributed by atoms with van der Waals surface area (Å²) in [6.45, 7) is 1.99. The van der Waals surface area contributed by atoms with Gasteiger partial charge in [0.05, 0.1) is 12.9 Å². The monoisotopic (exact) mass is 334 g/mol. The molecule has 1 unspecified atom stereocenters. The van der Waals surface area contributed by atoms with Crippen LogP contribution in [0, 0.1) is 0 Å². The summed E-state index contributed by atoms with van der Waals surface area (Å²) in [5.74, 6) is 0.893. The van der Waals surface area contributed by atoms with E-state index < -0.39 is 10.0 Å². The first-order valence-electron chi connectivity index (χ1n) is 7.54. The molecular formula is C17H22N2O3S. The maximum Gasteiger partial charge on any atom is 0.211 e. The predicted octanol–water partition coefficient (Wildman–Crippen LogP) is 2.36. The third-order valence-corrected chi connectivity index (χ3v) is 5.09. The van der Waals surface area contributed by atoms with E-state index in [1.807, 2.05) is 42.6 Å². The van der Waals surface area contributed by atoms with Gasteiger partial charge in [-0.1, -0.05) is 18.2 Å². The number of pyridine rings is 1. The average Bonchev–Trinajstić information content (AvgIpc) is 2.59. The fourth-order valence-electron chi connectivity index (χ4n) is 2.32. The van der Waals surface area contributed by atoms with E-state index in [4.69, 9.17) is 4.74 Å². The van der Waals surface area contributed by atoms with Gasteiger partial charge < -0.3 is 4.74 Å². The van der Waals surface area contributed by atoms with E-state index in [2.05, 4.69) is 9.71 Å². The van der Waals surface area contributed by atoms with Crippen LogP contribution in [0.2, 0.25) is 0 Å². The first kappa shape index (κ1) is 17.4. The molecule has 0 fully saturated rings. The van der Waals surface area contributed by atoms with Gasteiger partial charge in [0.1, 0.15) is 5.75 Å². The van der Waals surface area contributed by atoms with Crippen molar-refractivity contribution < 1.29 is 13.2 Å². The van der Waals surface area contributed by atoms with Crippen LogP contribution in [0.3, 0.4) is 0 Å². The van der Waals surface area contributed by atoms with Gasteiger partial charge in [-0.05, 0) is 42.7 Å². The van der Waals surface area contributed by atoms with Crippen LogP contribution in [0.4, 0.5) is 0 Å². The van der Waals surface area contributed by atoms with Gasteiger partial charge in [0, 0.05) is 24.9 Å². The van der Waals surface area contributed by atoms with Crippen molar-refractivity contribution in [1.29, 1.82) is 0 Å². The highest BCUT2D eigenvalue weighted by atomic mass is 32.2. The Labute approximate surface area is 137 Å². The fraction of sp³-hybridized carbons (Fsp3) is 0.353. The second kappa shape index (κ2) is 8.08. The van der Waals surface area contributed by atoms with Gasteiger partial charge in [-0.3, -0.25) is 4.98 Å². The van der Waals surface area contributed by atoms with Crippen LogP contribution >= 0.6 is 0 Å². The van der Waals surface area contributed by atoms with Crippen LogP contribution in [-0.2, 0) is 16.4 Å². The molecule has 0 saturated heterocycles. The van der Waals surface area contributed by atoms with Crippen molar-refractivity contribution >= 4 is 10.0 Å². The first-order chi connectivity index (χ1) is 11.0. The van der Waals surface area contributed by atoms with Crippen LogP contribution in [0.15, 0.2) is 48.8 Å². The van der Waals surface area contributed by atoms with Gasteiger partial charge in [-0.2, -0.15) is 0 Å². The Morgan fingerprint density at radius 3 is 2.52 bits per heavy atom. The number of sulfonamides is 1. The SMILES string of the molecule is CCS(=O)(=O)NCC(Cc1cccnc1)c1ccc(OC)cc1. The average molecular weight is 334 g/mol. The van der Waals surface area contributed by atoms with E-state index in [9.17, 15) is 8.42 Å². The lowest BCUT2D eigenvalue weighted by Gasteiger charge is -2.18. The molecule has 0 radical (unpaired) electrons. The molecule has 5 nitrogen and oxygen atoms in total. The highest BCUT2D eigenvalue weighted by molar-refractivity contribution is 7.89. The van der Waals surface area contributed by atoms with Crippen molar-refractivity contribution in [3.8, 4) is 5.75 Å². The molecule has 6 heteroatoms. The number of rotatable bonds is 8. The van der Waals surface area contributed by atoms with Gasteiger partial charge in [-0.25, -0.2) is 13.1 Å². The number of aromatic nitrogens is 1. The van der Waals surface area contributed by atoms with Gasteiger partial charge >= 0.3 is 0 Å². The number of hydrogen-bond acceptors (Lipinski definition) is 4. The smallest absolute Gasteiger partial charge is 0.211 e. The van der Waals surface area contributed by atoms with E-state index in [1.165, 1.54) is 0 Å². The number of benzene rings is 1. The third-order valence-electron chi connectivity index (χ3n) is 3.72. The number of hydrogen-bond donors (Lipinski definition) is 1. The zero-order valence-corrected chi connectivity index (χ0v) is 14.2. The van der Waals surface area contributed by atoms with E-state index in [1.54, 1.807) is 20.2 Å². The van der Waals surface area contributed by atoms with Gasteiger partial charge in [0.25, 0.3) is 0 Å². The molecule has 1 atom stereocenters. The molecule has 1 aromatic carbocycles. The third kappa shape index (κ3) is 5.33. The molecule has 1 aromatic heterocycles. The molecular weight excluding hydrogens is 312 g/mol. The summed E-state index contributed by atoms with van der Waals surface area (Å²) in [5, 5.41) is 0. The lowest BCUT2D eigenvalue weighted by atomic mass is 9.93. The number of nitrogens with zero attached hydrogens (tertiary/aromatic N) is 1. The van der Waals surface area contributed by atoms with E-state index >= 15 is 0 Å². The second-order valence-electron chi connectivity index (χ2n) is 5.29. The second-order valence-corrected chi connectivity index (χ2v) is 7.38. The summed E-state index contributed by atoms with van der Waals surface area (Å²) in [4.78, 5) is 4.13. The largest absolute Gasteiger partial charge is 0.497 e. The summed E-state index contributed by atoms with van der Waals surface area (Å²) < 4.78 is 31.3. The minimum atomic E-state index is -3.22. The fourth-order valence-corrected chi connectivity index (χ4v) is 2.98. The summed E-state index contributed by atoms with van der Waals surface area (Å²) in [6, 6.07) is 11.6. The summed E-state index contributed by atoms with van der Waals surface area (Å²) >= 11 is 0. The molecule has 0 spiro atoms. The van der Waals surface area contributed by atoms with Gasteiger partial charge in [0.2, 0.25) is 10.0 Å². The van der Waals surface area contributed by atoms with Crippen LogP contribution in [0.5, 0.6) is 5.75 Å². The lowest BCUT2D eigenvalue weighted by molar-refractivity contribution is 0.414.